The summed E-state index contributed by atoms with van der Waals surface area (Å²) in [5.41, 5.74) is 1.89. The molecular weight excluding hydrogens is 540 g/mol. The number of amides is 1. The molecule has 2 aromatic heterocycles. The van der Waals surface area contributed by atoms with Crippen molar-refractivity contribution < 1.29 is 44.5 Å². The predicted molar refractivity (Wildman–Crippen MR) is 140 cm³/mol. The van der Waals surface area contributed by atoms with E-state index in [9.17, 15) is 30.3 Å². The van der Waals surface area contributed by atoms with Gasteiger partial charge >= 0.3 is 0 Å². The first-order valence-corrected chi connectivity index (χ1v) is 13.1. The van der Waals surface area contributed by atoms with Crippen LogP contribution in [-0.2, 0) is 16.0 Å². The van der Waals surface area contributed by atoms with Crippen LogP contribution in [0, 0.1) is 0 Å². The average Bonchev–Trinajstić information content (AvgIpc) is 3.69. The molecule has 15 nitrogen and oxygen atoms in total. The molecule has 1 saturated heterocycles. The molecule has 15 heteroatoms. The van der Waals surface area contributed by atoms with Crippen LogP contribution >= 0.6 is 0 Å². The molecule has 0 radical (unpaired) electrons. The van der Waals surface area contributed by atoms with Gasteiger partial charge in [0.05, 0.1) is 19.0 Å². The van der Waals surface area contributed by atoms with Crippen molar-refractivity contribution in [2.45, 2.75) is 55.6 Å². The Morgan fingerprint density at radius 3 is 2.71 bits per heavy atom. The number of fused-ring (bicyclic) bond motifs is 2. The number of hydrogen-bond donors (Lipinski definition) is 7. The number of imidazole rings is 1. The van der Waals surface area contributed by atoms with Crippen LogP contribution in [0.15, 0.2) is 42.5 Å². The number of anilines is 1. The molecule has 6 rings (SSSR count). The fraction of sp³-hybridized carbons (Fsp3) is 0.462. The number of aliphatic hydroxyl groups excluding tert-OH is 5. The van der Waals surface area contributed by atoms with Crippen molar-refractivity contribution >= 4 is 22.9 Å². The Balaban J connectivity index is 1.20. The summed E-state index contributed by atoms with van der Waals surface area (Å²) in [7, 11) is 0. The highest BCUT2D eigenvalue weighted by atomic mass is 16.7. The molecule has 4 heterocycles. The minimum absolute atomic E-state index is 0.0421. The number of carbonyl (C=O) groups is 1. The smallest absolute Gasteiger partial charge is 0.247 e. The van der Waals surface area contributed by atoms with Crippen molar-refractivity contribution in [1.29, 1.82) is 0 Å². The Labute approximate surface area is 233 Å². The summed E-state index contributed by atoms with van der Waals surface area (Å²) in [4.78, 5) is 26.1. The van der Waals surface area contributed by atoms with Crippen LogP contribution in [0.25, 0.3) is 11.2 Å². The van der Waals surface area contributed by atoms with Crippen LogP contribution < -0.4 is 20.1 Å². The summed E-state index contributed by atoms with van der Waals surface area (Å²) < 4.78 is 18.2. The molecule has 1 amide bonds. The zero-order chi connectivity index (χ0) is 28.7. The van der Waals surface area contributed by atoms with Gasteiger partial charge in [-0.15, -0.1) is 0 Å². The average molecular weight is 571 g/mol. The van der Waals surface area contributed by atoms with Gasteiger partial charge in [-0.2, -0.15) is 0 Å². The Hall–Kier alpha value is -3.86. The molecule has 3 aliphatic rings. The van der Waals surface area contributed by atoms with E-state index < -0.39 is 55.3 Å². The number of rotatable bonds is 8. The maximum Gasteiger partial charge on any atom is 0.247 e. The summed E-state index contributed by atoms with van der Waals surface area (Å²) >= 11 is 0. The minimum atomic E-state index is -1.42. The van der Waals surface area contributed by atoms with Crippen molar-refractivity contribution in [3.8, 4) is 11.5 Å². The molecule has 7 atom stereocenters. The fourth-order valence-electron chi connectivity index (χ4n) is 5.24. The van der Waals surface area contributed by atoms with Crippen LogP contribution in [-0.4, -0.2) is 107 Å². The number of aromatic nitrogens is 4. The predicted octanol–water partition coefficient (Wildman–Crippen LogP) is -1.64. The Kier molecular flexibility index (Phi) is 7.46. The number of hydrogen-bond acceptors (Lipinski definition) is 13. The standard InChI is InChI=1S/C26H30N6O9/c33-8-18-22(37)19(31-25(38)13-6-14(34)21(36)15(35)7-13)26(41-18)32-10-30-20-23(28-9-29-24(20)32)27-4-3-12-1-2-16-17(5-12)40-11-39-16/h1-2,5-6,9-10,14-15,18-19,21-22,26,33-37H,3-4,7-8,11H2,(H,31,38)(H,27,28,29)/t14?,15?,18-,19-,21?,22-,26-/m1/s1. The second kappa shape index (κ2) is 11.2. The van der Waals surface area contributed by atoms with E-state index in [4.69, 9.17) is 14.2 Å². The Bertz CT molecular complexity index is 1460. The lowest BCUT2D eigenvalue weighted by Gasteiger charge is -2.29. The van der Waals surface area contributed by atoms with E-state index in [1.54, 1.807) is 0 Å². The first kappa shape index (κ1) is 27.3. The quantitative estimate of drug-likeness (QED) is 0.162. The van der Waals surface area contributed by atoms with E-state index in [1.165, 1.54) is 17.2 Å². The minimum Gasteiger partial charge on any atom is -0.454 e. The zero-order valence-corrected chi connectivity index (χ0v) is 21.7. The summed E-state index contributed by atoms with van der Waals surface area (Å²) in [5, 5.41) is 56.3. The Morgan fingerprint density at radius 1 is 1.07 bits per heavy atom. The molecule has 3 aromatic rings. The molecule has 218 valence electrons. The van der Waals surface area contributed by atoms with Crippen LogP contribution in [0.3, 0.4) is 0 Å². The lowest BCUT2D eigenvalue weighted by atomic mass is 9.91. The highest BCUT2D eigenvalue weighted by Gasteiger charge is 2.46. The first-order valence-electron chi connectivity index (χ1n) is 13.1. The summed E-state index contributed by atoms with van der Waals surface area (Å²) in [5.74, 6) is 1.22. The van der Waals surface area contributed by atoms with Crippen LogP contribution in [0.1, 0.15) is 18.2 Å². The van der Waals surface area contributed by atoms with Crippen LogP contribution in [0.2, 0.25) is 0 Å². The number of benzene rings is 1. The molecule has 3 unspecified atom stereocenters. The molecule has 0 spiro atoms. The lowest BCUT2D eigenvalue weighted by Crippen LogP contribution is -2.49. The molecule has 1 aliphatic carbocycles. The van der Waals surface area contributed by atoms with Crippen molar-refractivity contribution in [2.24, 2.45) is 0 Å². The highest BCUT2D eigenvalue weighted by molar-refractivity contribution is 5.94. The van der Waals surface area contributed by atoms with Crippen molar-refractivity contribution in [2.75, 3.05) is 25.3 Å². The molecular formula is C26H30N6O9. The second-order valence-electron chi connectivity index (χ2n) is 10.1. The van der Waals surface area contributed by atoms with Gasteiger partial charge in [-0.1, -0.05) is 6.07 Å². The van der Waals surface area contributed by atoms with Gasteiger partial charge in [0.2, 0.25) is 12.7 Å². The fourth-order valence-corrected chi connectivity index (χ4v) is 5.24. The number of aliphatic hydroxyl groups is 5. The van der Waals surface area contributed by atoms with Gasteiger partial charge in [-0.05, 0) is 30.2 Å². The van der Waals surface area contributed by atoms with Crippen molar-refractivity contribution in [3.63, 3.8) is 0 Å². The number of ether oxygens (including phenoxy) is 3. The van der Waals surface area contributed by atoms with Gasteiger partial charge in [0.1, 0.15) is 36.8 Å². The first-order chi connectivity index (χ1) is 19.8. The number of nitrogens with one attached hydrogen (secondary N) is 2. The summed E-state index contributed by atoms with van der Waals surface area (Å²) in [6, 6.07) is 4.71. The van der Waals surface area contributed by atoms with Gasteiger partial charge in [0.25, 0.3) is 0 Å². The van der Waals surface area contributed by atoms with Crippen molar-refractivity contribution in [3.05, 3.63) is 48.1 Å². The van der Waals surface area contributed by atoms with Crippen molar-refractivity contribution in [1.82, 2.24) is 24.8 Å². The molecule has 0 bridgehead atoms. The SMILES string of the molecule is O=C(N[C@@H]1[C@H](O)[C@@H](CO)O[C@H]1n1cnc2c(NCCc3ccc4c(c3)OCO4)ncnc21)C1=CC(O)C(O)C(O)C1. The maximum atomic E-state index is 13.0. The van der Waals surface area contributed by atoms with E-state index in [2.05, 4.69) is 25.6 Å². The van der Waals surface area contributed by atoms with E-state index in [-0.39, 0.29) is 18.8 Å². The van der Waals surface area contributed by atoms with E-state index in [1.807, 2.05) is 18.2 Å². The van der Waals surface area contributed by atoms with Gasteiger partial charge < -0.3 is 50.4 Å². The third-order valence-corrected chi connectivity index (χ3v) is 7.46. The molecule has 1 aromatic carbocycles. The second-order valence-corrected chi connectivity index (χ2v) is 10.1. The van der Waals surface area contributed by atoms with Gasteiger partial charge in [0, 0.05) is 18.5 Å². The lowest BCUT2D eigenvalue weighted by molar-refractivity contribution is -0.121. The molecule has 41 heavy (non-hydrogen) atoms. The third kappa shape index (κ3) is 5.18. The maximum absolute atomic E-state index is 13.0. The van der Waals surface area contributed by atoms with Crippen LogP contribution in [0.5, 0.6) is 11.5 Å². The monoisotopic (exact) mass is 570 g/mol. The van der Waals surface area contributed by atoms with Gasteiger partial charge in [0.15, 0.2) is 34.7 Å². The van der Waals surface area contributed by atoms with Gasteiger partial charge in [-0.25, -0.2) is 15.0 Å². The van der Waals surface area contributed by atoms with E-state index >= 15 is 0 Å². The molecule has 1 fully saturated rings. The summed E-state index contributed by atoms with van der Waals surface area (Å²) in [6.45, 7) is 0.229. The van der Waals surface area contributed by atoms with Crippen LogP contribution in [0.4, 0.5) is 5.82 Å². The normalized spacial score (nSPS) is 29.0. The topological polar surface area (TPSA) is 214 Å². The summed E-state index contributed by atoms with van der Waals surface area (Å²) in [6.07, 6.45) is -3.02. The number of carbonyl (C=O) groups excluding carboxylic acids is 1. The van der Waals surface area contributed by atoms with Gasteiger partial charge in [-0.3, -0.25) is 9.36 Å². The van der Waals surface area contributed by atoms with E-state index in [0.29, 0.717) is 41.4 Å². The molecule has 2 aliphatic heterocycles. The van der Waals surface area contributed by atoms with E-state index in [0.717, 1.165) is 11.6 Å². The molecule has 0 saturated carbocycles. The highest BCUT2D eigenvalue weighted by Crippen LogP contribution is 2.34. The number of nitrogens with zero attached hydrogens (tertiary/aromatic N) is 4. The Morgan fingerprint density at radius 2 is 1.90 bits per heavy atom. The largest absolute Gasteiger partial charge is 0.454 e. The third-order valence-electron chi connectivity index (χ3n) is 7.46. The molecule has 7 N–H and O–H groups in total. The zero-order valence-electron chi connectivity index (χ0n) is 21.7.